The van der Waals surface area contributed by atoms with Crippen LogP contribution in [-0.4, -0.2) is 19.9 Å². The summed E-state index contributed by atoms with van der Waals surface area (Å²) in [6.45, 7) is 6.60. The number of carbonyl (C=O) groups excluding carboxylic acids is 1. The maximum absolute atomic E-state index is 12.8. The Morgan fingerprint density at radius 2 is 1.77 bits per heavy atom. The summed E-state index contributed by atoms with van der Waals surface area (Å²) in [5.41, 5.74) is 4.90. The van der Waals surface area contributed by atoms with E-state index in [0.29, 0.717) is 16.1 Å². The number of halogens is 2. The molecule has 0 atom stereocenters. The van der Waals surface area contributed by atoms with E-state index >= 15 is 0 Å². The fourth-order valence-corrected chi connectivity index (χ4v) is 4.97. The first kappa shape index (κ1) is 19.2. The number of rotatable bonds is 6. The highest BCUT2D eigenvalue weighted by Crippen LogP contribution is 2.34. The maximum atomic E-state index is 12.8. The van der Waals surface area contributed by atoms with Crippen molar-refractivity contribution >= 4 is 39.1 Å². The molecule has 1 aromatic rings. The van der Waals surface area contributed by atoms with Gasteiger partial charge in [0.15, 0.2) is 0 Å². The van der Waals surface area contributed by atoms with Gasteiger partial charge in [0.05, 0.1) is 5.02 Å². The van der Waals surface area contributed by atoms with Gasteiger partial charge in [0.2, 0.25) is 15.9 Å². The Morgan fingerprint density at radius 3 is 2.18 bits per heavy atom. The molecular weight excluding hydrogens is 347 g/mol. The normalized spacial score (nSPS) is 12.5. The standard InChI is InChI=1S/C14H20Cl2N2O3S/c1-5-14(6-2,13(17)19)18-22(20,21)12-9(4)10(15)7-8(3)11(12)16/h7,18H,5-6H2,1-4H3,(H2,17,19). The molecule has 0 radical (unpaired) electrons. The first-order chi connectivity index (χ1) is 10.0. The number of nitrogens with two attached hydrogens (primary N) is 1. The molecule has 1 aromatic carbocycles. The molecule has 5 nitrogen and oxygen atoms in total. The zero-order valence-electron chi connectivity index (χ0n) is 13.0. The molecule has 0 unspecified atom stereocenters. The molecule has 0 aromatic heterocycles. The molecule has 0 fully saturated rings. The second-order valence-corrected chi connectivity index (χ2v) is 7.61. The molecule has 1 amide bonds. The molecule has 1 rings (SSSR count). The SMILES string of the molecule is CCC(CC)(NS(=O)(=O)c1c(C)c(Cl)cc(C)c1Cl)C(N)=O. The number of primary amides is 1. The number of hydrogen-bond donors (Lipinski definition) is 2. The van der Waals surface area contributed by atoms with Crippen LogP contribution in [0, 0.1) is 13.8 Å². The minimum Gasteiger partial charge on any atom is -0.368 e. The number of amides is 1. The molecule has 0 aliphatic carbocycles. The van der Waals surface area contributed by atoms with Crippen LogP contribution in [-0.2, 0) is 14.8 Å². The van der Waals surface area contributed by atoms with Crippen molar-refractivity contribution < 1.29 is 13.2 Å². The predicted octanol–water partition coefficient (Wildman–Crippen LogP) is 2.93. The smallest absolute Gasteiger partial charge is 0.243 e. The van der Waals surface area contributed by atoms with Crippen molar-refractivity contribution in [1.29, 1.82) is 0 Å². The fraction of sp³-hybridized carbons (Fsp3) is 0.500. The Morgan fingerprint density at radius 1 is 1.27 bits per heavy atom. The van der Waals surface area contributed by atoms with Crippen LogP contribution < -0.4 is 10.5 Å². The van der Waals surface area contributed by atoms with Crippen LogP contribution in [0.1, 0.15) is 37.8 Å². The Bertz CT molecular complexity index is 672. The highest BCUT2D eigenvalue weighted by molar-refractivity contribution is 7.89. The number of aryl methyl sites for hydroxylation is 1. The molecule has 0 heterocycles. The quantitative estimate of drug-likeness (QED) is 0.810. The van der Waals surface area contributed by atoms with Crippen molar-refractivity contribution in [3.8, 4) is 0 Å². The van der Waals surface area contributed by atoms with Crippen LogP contribution in [0.4, 0.5) is 0 Å². The van der Waals surface area contributed by atoms with Crippen molar-refractivity contribution in [1.82, 2.24) is 4.72 Å². The van der Waals surface area contributed by atoms with Crippen LogP contribution in [0.2, 0.25) is 10.0 Å². The molecule has 0 spiro atoms. The Labute approximate surface area is 141 Å². The lowest BCUT2D eigenvalue weighted by atomic mass is 9.94. The van der Waals surface area contributed by atoms with Gasteiger partial charge >= 0.3 is 0 Å². The Kier molecular flexibility index (Phi) is 5.89. The molecule has 0 saturated carbocycles. The molecule has 0 bridgehead atoms. The minimum atomic E-state index is -4.06. The summed E-state index contributed by atoms with van der Waals surface area (Å²) in [6, 6.07) is 1.60. The van der Waals surface area contributed by atoms with Gasteiger partial charge in [0, 0.05) is 5.02 Å². The fourth-order valence-electron chi connectivity index (χ4n) is 2.23. The number of hydrogen-bond acceptors (Lipinski definition) is 3. The van der Waals surface area contributed by atoms with Crippen LogP contribution in [0.15, 0.2) is 11.0 Å². The molecular formula is C14H20Cl2N2O3S. The summed E-state index contributed by atoms with van der Waals surface area (Å²) in [5.74, 6) is -0.728. The van der Waals surface area contributed by atoms with E-state index in [1.807, 2.05) is 0 Å². The summed E-state index contributed by atoms with van der Waals surface area (Å²) < 4.78 is 27.9. The third-order valence-electron chi connectivity index (χ3n) is 3.86. The van der Waals surface area contributed by atoms with E-state index in [9.17, 15) is 13.2 Å². The van der Waals surface area contributed by atoms with E-state index in [1.165, 1.54) is 0 Å². The van der Waals surface area contributed by atoms with Gasteiger partial charge in [-0.1, -0.05) is 37.0 Å². The van der Waals surface area contributed by atoms with Crippen LogP contribution in [0.25, 0.3) is 0 Å². The Balaban J connectivity index is 3.53. The summed E-state index contributed by atoms with van der Waals surface area (Å²) in [5, 5.41) is 0.375. The van der Waals surface area contributed by atoms with Gasteiger partial charge in [-0.25, -0.2) is 8.42 Å². The average molecular weight is 367 g/mol. The van der Waals surface area contributed by atoms with Gasteiger partial charge in [-0.05, 0) is 43.9 Å². The van der Waals surface area contributed by atoms with Gasteiger partial charge in [-0.2, -0.15) is 4.72 Å². The molecule has 22 heavy (non-hydrogen) atoms. The van der Waals surface area contributed by atoms with Crippen LogP contribution in [0.3, 0.4) is 0 Å². The first-order valence-corrected chi connectivity index (χ1v) is 9.05. The lowest BCUT2D eigenvalue weighted by Crippen LogP contribution is -2.56. The van der Waals surface area contributed by atoms with Crippen molar-refractivity contribution in [3.05, 3.63) is 27.2 Å². The highest BCUT2D eigenvalue weighted by atomic mass is 35.5. The second-order valence-electron chi connectivity index (χ2n) is 5.20. The van der Waals surface area contributed by atoms with Gasteiger partial charge in [0.25, 0.3) is 0 Å². The molecule has 8 heteroatoms. The van der Waals surface area contributed by atoms with Crippen molar-refractivity contribution in [2.24, 2.45) is 5.73 Å². The monoisotopic (exact) mass is 366 g/mol. The van der Waals surface area contributed by atoms with Crippen LogP contribution in [0.5, 0.6) is 0 Å². The van der Waals surface area contributed by atoms with Crippen molar-refractivity contribution in [3.63, 3.8) is 0 Å². The summed E-state index contributed by atoms with van der Waals surface area (Å²) in [6.07, 6.45) is 0.461. The van der Waals surface area contributed by atoms with E-state index in [1.54, 1.807) is 33.8 Å². The summed E-state index contributed by atoms with van der Waals surface area (Å²) >= 11 is 12.2. The predicted molar refractivity (Wildman–Crippen MR) is 88.8 cm³/mol. The van der Waals surface area contributed by atoms with E-state index in [4.69, 9.17) is 28.9 Å². The topological polar surface area (TPSA) is 89.3 Å². The first-order valence-electron chi connectivity index (χ1n) is 6.81. The van der Waals surface area contributed by atoms with Crippen LogP contribution >= 0.6 is 23.2 Å². The molecule has 0 saturated heterocycles. The van der Waals surface area contributed by atoms with E-state index in [0.717, 1.165) is 0 Å². The Hall–Kier alpha value is -0.820. The van der Waals surface area contributed by atoms with Gasteiger partial charge in [0.1, 0.15) is 10.4 Å². The molecule has 0 aliphatic heterocycles. The third kappa shape index (κ3) is 3.40. The molecule has 0 aliphatic rings. The van der Waals surface area contributed by atoms with E-state index in [-0.39, 0.29) is 22.8 Å². The van der Waals surface area contributed by atoms with E-state index in [2.05, 4.69) is 4.72 Å². The number of benzene rings is 1. The van der Waals surface area contributed by atoms with Gasteiger partial charge in [-0.15, -0.1) is 0 Å². The number of carbonyl (C=O) groups is 1. The lowest BCUT2D eigenvalue weighted by Gasteiger charge is -2.29. The average Bonchev–Trinajstić information content (AvgIpc) is 2.42. The largest absolute Gasteiger partial charge is 0.368 e. The second kappa shape index (κ2) is 6.74. The third-order valence-corrected chi connectivity index (χ3v) is 6.56. The molecule has 3 N–H and O–H groups in total. The van der Waals surface area contributed by atoms with Gasteiger partial charge in [-0.3, -0.25) is 4.79 Å². The molecule has 124 valence electrons. The zero-order chi connectivity index (χ0) is 17.3. The minimum absolute atomic E-state index is 0.0833. The van der Waals surface area contributed by atoms with E-state index < -0.39 is 21.5 Å². The number of sulfonamides is 1. The zero-order valence-corrected chi connectivity index (χ0v) is 15.3. The lowest BCUT2D eigenvalue weighted by molar-refractivity contribution is -0.124. The maximum Gasteiger partial charge on any atom is 0.243 e. The highest BCUT2D eigenvalue weighted by Gasteiger charge is 2.39. The summed E-state index contributed by atoms with van der Waals surface area (Å²) in [7, 11) is -4.06. The van der Waals surface area contributed by atoms with Gasteiger partial charge < -0.3 is 5.73 Å². The van der Waals surface area contributed by atoms with Crippen molar-refractivity contribution in [2.45, 2.75) is 51.0 Å². The number of nitrogens with one attached hydrogen (secondary N) is 1. The van der Waals surface area contributed by atoms with Crippen molar-refractivity contribution in [2.75, 3.05) is 0 Å². The summed E-state index contributed by atoms with van der Waals surface area (Å²) in [4.78, 5) is 11.6.